The highest BCUT2D eigenvalue weighted by atomic mass is 35.5. The van der Waals surface area contributed by atoms with Crippen LogP contribution < -0.4 is 5.73 Å². The minimum atomic E-state index is 0. The molecule has 0 aliphatic heterocycles. The molecule has 0 unspecified atom stereocenters. The summed E-state index contributed by atoms with van der Waals surface area (Å²) in [6.45, 7) is 0. The number of nitrogens with one attached hydrogen (secondary N) is 1. The maximum Gasteiger partial charge on any atom is 0.142 e. The van der Waals surface area contributed by atoms with E-state index in [-0.39, 0.29) is 18.2 Å². The summed E-state index contributed by atoms with van der Waals surface area (Å²) in [5, 5.41) is 8.03. The lowest BCUT2D eigenvalue weighted by Crippen LogP contribution is -2.08. The number of thiazole rings is 1. The molecule has 2 aromatic heterocycles. The van der Waals surface area contributed by atoms with Crippen LogP contribution in [0.4, 0.5) is 0 Å². The molecule has 0 aliphatic carbocycles. The van der Waals surface area contributed by atoms with Gasteiger partial charge in [-0.3, -0.25) is 10.4 Å². The molecule has 2 rings (SSSR count). The van der Waals surface area contributed by atoms with Gasteiger partial charge in [-0.15, -0.1) is 23.7 Å². The SMILES string of the molecule is Cl.N=C(N)c1cnc(-c2ccccn2)s1. The van der Waals surface area contributed by atoms with E-state index in [1.54, 1.807) is 12.4 Å². The predicted molar refractivity (Wildman–Crippen MR) is 63.6 cm³/mol. The Morgan fingerprint density at radius 3 is 2.67 bits per heavy atom. The molecule has 0 aromatic carbocycles. The molecule has 2 aromatic rings. The summed E-state index contributed by atoms with van der Waals surface area (Å²) < 4.78 is 0. The first-order valence-corrected chi connectivity index (χ1v) is 4.80. The number of halogens is 1. The van der Waals surface area contributed by atoms with Crippen molar-refractivity contribution in [1.82, 2.24) is 9.97 Å². The quantitative estimate of drug-likeness (QED) is 0.622. The lowest BCUT2D eigenvalue weighted by molar-refractivity contribution is 1.29. The molecule has 0 amide bonds. The molecule has 78 valence electrons. The highest BCUT2D eigenvalue weighted by Crippen LogP contribution is 2.22. The molecule has 0 radical (unpaired) electrons. The van der Waals surface area contributed by atoms with E-state index in [1.807, 2.05) is 18.2 Å². The van der Waals surface area contributed by atoms with Crippen LogP contribution in [0.15, 0.2) is 30.6 Å². The number of pyridine rings is 1. The van der Waals surface area contributed by atoms with Crippen molar-refractivity contribution in [2.75, 3.05) is 0 Å². The number of amidine groups is 1. The fourth-order valence-corrected chi connectivity index (χ4v) is 1.76. The van der Waals surface area contributed by atoms with Crippen LogP contribution in [0.1, 0.15) is 4.88 Å². The normalized spacial score (nSPS) is 9.33. The van der Waals surface area contributed by atoms with E-state index in [1.165, 1.54) is 11.3 Å². The van der Waals surface area contributed by atoms with Gasteiger partial charge in [0.05, 0.1) is 10.6 Å². The lowest BCUT2D eigenvalue weighted by Gasteiger charge is -1.91. The number of nitrogens with two attached hydrogens (primary N) is 1. The second kappa shape index (κ2) is 4.86. The van der Waals surface area contributed by atoms with Crippen molar-refractivity contribution in [2.45, 2.75) is 0 Å². The number of nitrogens with zero attached hydrogens (tertiary/aromatic N) is 2. The van der Waals surface area contributed by atoms with Gasteiger partial charge in [0.2, 0.25) is 0 Å². The van der Waals surface area contributed by atoms with Crippen LogP contribution >= 0.6 is 23.7 Å². The van der Waals surface area contributed by atoms with Crippen LogP contribution in [-0.4, -0.2) is 15.8 Å². The van der Waals surface area contributed by atoms with Crippen LogP contribution in [0, 0.1) is 5.41 Å². The van der Waals surface area contributed by atoms with Gasteiger partial charge in [-0.25, -0.2) is 4.98 Å². The summed E-state index contributed by atoms with van der Waals surface area (Å²) in [6, 6.07) is 5.63. The fourth-order valence-electron chi connectivity index (χ4n) is 1.01. The standard InChI is InChI=1S/C9H8N4S.ClH/c10-8(11)7-5-13-9(14-7)6-3-1-2-4-12-6;/h1-5H,(H3,10,11);1H. The van der Waals surface area contributed by atoms with Gasteiger partial charge < -0.3 is 5.73 Å². The van der Waals surface area contributed by atoms with Crippen LogP contribution in [-0.2, 0) is 0 Å². The topological polar surface area (TPSA) is 75.7 Å². The largest absolute Gasteiger partial charge is 0.383 e. The minimum Gasteiger partial charge on any atom is -0.383 e. The molecule has 0 atom stereocenters. The van der Waals surface area contributed by atoms with Gasteiger partial charge >= 0.3 is 0 Å². The molecule has 0 saturated carbocycles. The third kappa shape index (κ3) is 2.51. The van der Waals surface area contributed by atoms with E-state index < -0.39 is 0 Å². The third-order valence-corrected chi connectivity index (χ3v) is 2.71. The van der Waals surface area contributed by atoms with Crippen LogP contribution in [0.25, 0.3) is 10.7 Å². The third-order valence-electron chi connectivity index (χ3n) is 1.66. The van der Waals surface area contributed by atoms with Gasteiger partial charge in [-0.05, 0) is 12.1 Å². The van der Waals surface area contributed by atoms with Crippen LogP contribution in [0.5, 0.6) is 0 Å². The zero-order valence-corrected chi connectivity index (χ0v) is 9.31. The summed E-state index contributed by atoms with van der Waals surface area (Å²) >= 11 is 1.37. The Balaban J connectivity index is 0.00000112. The fraction of sp³-hybridized carbons (Fsp3) is 0. The molecule has 0 aliphatic rings. The average Bonchev–Trinajstić information content (AvgIpc) is 2.68. The molecule has 2 heterocycles. The molecule has 0 spiro atoms. The summed E-state index contributed by atoms with van der Waals surface area (Å²) in [5.41, 5.74) is 6.15. The summed E-state index contributed by atoms with van der Waals surface area (Å²) in [7, 11) is 0. The zero-order valence-electron chi connectivity index (χ0n) is 7.68. The van der Waals surface area contributed by atoms with Gasteiger partial charge in [0.15, 0.2) is 0 Å². The van der Waals surface area contributed by atoms with Crippen LogP contribution in [0.3, 0.4) is 0 Å². The lowest BCUT2D eigenvalue weighted by atomic mass is 10.4. The summed E-state index contributed by atoms with van der Waals surface area (Å²) in [5.74, 6) is 0.0460. The minimum absolute atomic E-state index is 0. The van der Waals surface area contributed by atoms with Crippen molar-refractivity contribution >= 4 is 29.6 Å². The smallest absolute Gasteiger partial charge is 0.142 e. The van der Waals surface area contributed by atoms with Crippen molar-refractivity contribution in [2.24, 2.45) is 5.73 Å². The Hall–Kier alpha value is -1.46. The number of aromatic nitrogens is 2. The first-order valence-electron chi connectivity index (χ1n) is 3.99. The number of hydrogen-bond donors (Lipinski definition) is 2. The van der Waals surface area contributed by atoms with Crippen molar-refractivity contribution in [3.8, 4) is 10.7 Å². The van der Waals surface area contributed by atoms with Gasteiger partial charge in [-0.1, -0.05) is 6.07 Å². The van der Waals surface area contributed by atoms with Crippen molar-refractivity contribution in [3.63, 3.8) is 0 Å². The van der Waals surface area contributed by atoms with Crippen molar-refractivity contribution in [1.29, 1.82) is 5.41 Å². The Morgan fingerprint density at radius 1 is 1.33 bits per heavy atom. The van der Waals surface area contributed by atoms with Crippen molar-refractivity contribution < 1.29 is 0 Å². The van der Waals surface area contributed by atoms with Gasteiger partial charge in [-0.2, -0.15) is 0 Å². The maximum atomic E-state index is 7.24. The van der Waals surface area contributed by atoms with Crippen molar-refractivity contribution in [3.05, 3.63) is 35.5 Å². The molecule has 0 saturated heterocycles. The molecule has 0 bridgehead atoms. The molecule has 4 nitrogen and oxygen atoms in total. The Morgan fingerprint density at radius 2 is 2.13 bits per heavy atom. The molecule has 15 heavy (non-hydrogen) atoms. The molecule has 3 N–H and O–H groups in total. The number of hydrogen-bond acceptors (Lipinski definition) is 4. The number of rotatable bonds is 2. The van der Waals surface area contributed by atoms with E-state index in [4.69, 9.17) is 11.1 Å². The van der Waals surface area contributed by atoms with E-state index in [9.17, 15) is 0 Å². The molecule has 6 heteroatoms. The maximum absolute atomic E-state index is 7.24. The Kier molecular flexibility index (Phi) is 3.76. The average molecular weight is 241 g/mol. The van der Waals surface area contributed by atoms with E-state index in [2.05, 4.69) is 9.97 Å². The second-order valence-electron chi connectivity index (χ2n) is 2.66. The van der Waals surface area contributed by atoms with Gasteiger partial charge in [0.1, 0.15) is 10.8 Å². The van der Waals surface area contributed by atoms with E-state index >= 15 is 0 Å². The highest BCUT2D eigenvalue weighted by molar-refractivity contribution is 7.16. The second-order valence-corrected chi connectivity index (χ2v) is 3.69. The monoisotopic (exact) mass is 240 g/mol. The highest BCUT2D eigenvalue weighted by Gasteiger charge is 2.06. The first kappa shape index (κ1) is 11.6. The van der Waals surface area contributed by atoms with E-state index in [0.717, 1.165) is 10.7 Å². The molecule has 0 fully saturated rings. The predicted octanol–water partition coefficient (Wildman–Crippen LogP) is 1.91. The molecular weight excluding hydrogens is 232 g/mol. The summed E-state index contributed by atoms with van der Waals surface area (Å²) in [4.78, 5) is 8.97. The Labute approximate surface area is 97.1 Å². The van der Waals surface area contributed by atoms with Gasteiger partial charge in [0.25, 0.3) is 0 Å². The number of nitrogen functional groups attached to an aromatic ring is 1. The summed E-state index contributed by atoms with van der Waals surface area (Å²) in [6.07, 6.45) is 3.31. The Bertz CT molecular complexity index is 454. The first-order chi connectivity index (χ1) is 6.77. The van der Waals surface area contributed by atoms with Crippen LogP contribution in [0.2, 0.25) is 0 Å². The zero-order chi connectivity index (χ0) is 9.97. The van der Waals surface area contributed by atoms with E-state index in [0.29, 0.717) is 4.88 Å². The molecular formula is C9H9ClN4S. The van der Waals surface area contributed by atoms with Gasteiger partial charge in [0, 0.05) is 12.4 Å².